The molecule has 3 rings (SSSR count). The quantitative estimate of drug-likeness (QED) is 0.674. The normalized spacial score (nSPS) is 10.9. The second kappa shape index (κ2) is 5.10. The number of benzene rings is 1. The van der Waals surface area contributed by atoms with Crippen molar-refractivity contribution in [3.8, 4) is 11.1 Å². The van der Waals surface area contributed by atoms with E-state index < -0.39 is 0 Å². The van der Waals surface area contributed by atoms with Crippen LogP contribution in [0.3, 0.4) is 0 Å². The highest BCUT2D eigenvalue weighted by Gasteiger charge is 2.14. The van der Waals surface area contributed by atoms with Gasteiger partial charge in [-0.3, -0.25) is 4.79 Å². The Balaban J connectivity index is 2.45. The lowest BCUT2D eigenvalue weighted by molar-refractivity contribution is 0.971. The summed E-state index contributed by atoms with van der Waals surface area (Å²) < 4.78 is 1.45. The Morgan fingerprint density at radius 2 is 1.85 bits per heavy atom. The summed E-state index contributed by atoms with van der Waals surface area (Å²) in [6, 6.07) is 14.9. The van der Waals surface area contributed by atoms with Crippen molar-refractivity contribution in [1.82, 2.24) is 9.38 Å². The Kier molecular flexibility index (Phi) is 3.28. The summed E-state index contributed by atoms with van der Waals surface area (Å²) in [6.45, 7) is 2.00. The molecule has 0 aliphatic carbocycles. The Bertz CT molecular complexity index is 825. The molecule has 0 unspecified atom stereocenters. The Labute approximate surface area is 121 Å². The second-order valence-electron chi connectivity index (χ2n) is 4.50. The highest BCUT2D eigenvalue weighted by molar-refractivity contribution is 6.29. The minimum atomic E-state index is -0.122. The lowest BCUT2D eigenvalue weighted by Crippen LogP contribution is -2.20. The number of fused-ring (bicyclic) bond motifs is 1. The molecule has 0 amide bonds. The fraction of sp³-hybridized carbons (Fsp3) is 0.125. The van der Waals surface area contributed by atoms with Gasteiger partial charge in [-0.05, 0) is 24.1 Å². The van der Waals surface area contributed by atoms with E-state index in [1.165, 1.54) is 4.40 Å². The van der Waals surface area contributed by atoms with Gasteiger partial charge < -0.3 is 0 Å². The number of aryl methyl sites for hydroxylation is 1. The van der Waals surface area contributed by atoms with Crippen LogP contribution in [0, 0.1) is 0 Å². The number of hydrogen-bond donors (Lipinski definition) is 0. The summed E-state index contributed by atoms with van der Waals surface area (Å²) in [6.07, 6.45) is 0.697. The molecule has 3 aromatic rings. The van der Waals surface area contributed by atoms with Crippen LogP contribution in [0.4, 0.5) is 0 Å². The number of hydrogen-bond acceptors (Lipinski definition) is 2. The van der Waals surface area contributed by atoms with E-state index in [-0.39, 0.29) is 5.56 Å². The molecule has 0 fully saturated rings. The van der Waals surface area contributed by atoms with Crippen molar-refractivity contribution in [2.24, 2.45) is 0 Å². The predicted octanol–water partition coefficient (Wildman–Crippen LogP) is 3.58. The van der Waals surface area contributed by atoms with Gasteiger partial charge in [-0.2, -0.15) is 0 Å². The molecule has 100 valence electrons. The minimum absolute atomic E-state index is 0.122. The van der Waals surface area contributed by atoms with E-state index in [0.29, 0.717) is 22.8 Å². The number of halogens is 1. The van der Waals surface area contributed by atoms with Crippen LogP contribution in [-0.4, -0.2) is 9.38 Å². The summed E-state index contributed by atoms with van der Waals surface area (Å²) in [7, 11) is 0. The fourth-order valence-electron chi connectivity index (χ4n) is 2.34. The summed E-state index contributed by atoms with van der Waals surface area (Å²) in [5.74, 6) is 0. The van der Waals surface area contributed by atoms with Crippen LogP contribution in [-0.2, 0) is 6.42 Å². The first kappa shape index (κ1) is 12.9. The first-order valence-corrected chi connectivity index (χ1v) is 6.85. The van der Waals surface area contributed by atoms with E-state index in [4.69, 9.17) is 11.6 Å². The van der Waals surface area contributed by atoms with Crippen LogP contribution >= 0.6 is 11.6 Å². The average molecular weight is 285 g/mol. The van der Waals surface area contributed by atoms with Crippen molar-refractivity contribution in [1.29, 1.82) is 0 Å². The van der Waals surface area contributed by atoms with Crippen molar-refractivity contribution in [3.63, 3.8) is 0 Å². The van der Waals surface area contributed by atoms with Gasteiger partial charge in [-0.25, -0.2) is 9.38 Å². The zero-order valence-corrected chi connectivity index (χ0v) is 11.8. The minimum Gasteiger partial charge on any atom is -0.268 e. The molecule has 0 bridgehead atoms. The van der Waals surface area contributed by atoms with Gasteiger partial charge in [0.05, 0.1) is 11.3 Å². The highest BCUT2D eigenvalue weighted by Crippen LogP contribution is 2.21. The van der Waals surface area contributed by atoms with Gasteiger partial charge >= 0.3 is 0 Å². The zero-order valence-electron chi connectivity index (χ0n) is 11.0. The van der Waals surface area contributed by atoms with Crippen molar-refractivity contribution in [3.05, 3.63) is 69.7 Å². The molecule has 0 aliphatic rings. The van der Waals surface area contributed by atoms with Crippen molar-refractivity contribution in [2.75, 3.05) is 0 Å². The van der Waals surface area contributed by atoms with Gasteiger partial charge in [0.15, 0.2) is 0 Å². The molecule has 0 aliphatic heterocycles. The lowest BCUT2D eigenvalue weighted by atomic mass is 10.0. The summed E-state index contributed by atoms with van der Waals surface area (Å²) in [4.78, 5) is 17.3. The lowest BCUT2D eigenvalue weighted by Gasteiger charge is -2.10. The molecule has 0 saturated heterocycles. The van der Waals surface area contributed by atoms with Gasteiger partial charge in [0.2, 0.25) is 0 Å². The van der Waals surface area contributed by atoms with E-state index in [9.17, 15) is 4.79 Å². The van der Waals surface area contributed by atoms with Gasteiger partial charge in [0.25, 0.3) is 5.56 Å². The summed E-state index contributed by atoms with van der Waals surface area (Å²) in [5, 5.41) is 0.375. The SMILES string of the molecule is CCc1nc2cccc(Cl)n2c(=O)c1-c1ccccc1. The molecule has 0 N–H and O–H groups in total. The standard InChI is InChI=1S/C16H13ClN2O/c1-2-12-15(11-7-4-3-5-8-11)16(20)19-13(17)9-6-10-14(19)18-12/h3-10H,2H2,1H3. The van der Waals surface area contributed by atoms with Gasteiger partial charge in [0.1, 0.15) is 10.8 Å². The third-order valence-electron chi connectivity index (χ3n) is 3.27. The molecular formula is C16H13ClN2O. The molecular weight excluding hydrogens is 272 g/mol. The average Bonchev–Trinajstić information content (AvgIpc) is 2.47. The van der Waals surface area contributed by atoms with Crippen LogP contribution in [0.1, 0.15) is 12.6 Å². The van der Waals surface area contributed by atoms with E-state index in [2.05, 4.69) is 4.98 Å². The molecule has 0 atom stereocenters. The first-order chi connectivity index (χ1) is 9.72. The van der Waals surface area contributed by atoms with Gasteiger partial charge in [-0.1, -0.05) is 54.9 Å². The molecule has 2 heterocycles. The van der Waals surface area contributed by atoms with E-state index >= 15 is 0 Å². The third-order valence-corrected chi connectivity index (χ3v) is 3.57. The number of nitrogens with zero attached hydrogens (tertiary/aromatic N) is 2. The monoisotopic (exact) mass is 284 g/mol. The maximum Gasteiger partial charge on any atom is 0.267 e. The Morgan fingerprint density at radius 3 is 2.55 bits per heavy atom. The molecule has 3 nitrogen and oxygen atoms in total. The van der Waals surface area contributed by atoms with Crippen LogP contribution in [0.25, 0.3) is 16.8 Å². The van der Waals surface area contributed by atoms with Crippen molar-refractivity contribution < 1.29 is 0 Å². The van der Waals surface area contributed by atoms with Crippen LogP contribution in [0.5, 0.6) is 0 Å². The van der Waals surface area contributed by atoms with Crippen LogP contribution in [0.2, 0.25) is 5.15 Å². The topological polar surface area (TPSA) is 34.4 Å². The van der Waals surface area contributed by atoms with Gasteiger partial charge in [-0.15, -0.1) is 0 Å². The molecule has 0 saturated carbocycles. The number of pyridine rings is 1. The maximum atomic E-state index is 12.8. The zero-order chi connectivity index (χ0) is 14.1. The summed E-state index contributed by atoms with van der Waals surface area (Å²) in [5.41, 5.74) is 2.75. The highest BCUT2D eigenvalue weighted by atomic mass is 35.5. The third kappa shape index (κ3) is 2.00. The Morgan fingerprint density at radius 1 is 1.10 bits per heavy atom. The molecule has 4 heteroatoms. The summed E-state index contributed by atoms with van der Waals surface area (Å²) >= 11 is 6.14. The molecule has 2 aromatic heterocycles. The first-order valence-electron chi connectivity index (χ1n) is 6.48. The maximum absolute atomic E-state index is 12.8. The van der Waals surface area contributed by atoms with E-state index in [0.717, 1.165) is 11.3 Å². The van der Waals surface area contributed by atoms with E-state index in [1.807, 2.05) is 37.3 Å². The molecule has 0 spiro atoms. The number of rotatable bonds is 2. The molecule has 1 aromatic carbocycles. The van der Waals surface area contributed by atoms with Gasteiger partial charge in [0, 0.05) is 0 Å². The number of aromatic nitrogens is 2. The molecule has 0 radical (unpaired) electrons. The molecule has 20 heavy (non-hydrogen) atoms. The van der Waals surface area contributed by atoms with Crippen LogP contribution in [0.15, 0.2) is 53.3 Å². The fourth-order valence-corrected chi connectivity index (χ4v) is 2.58. The second-order valence-corrected chi connectivity index (χ2v) is 4.89. The predicted molar refractivity (Wildman–Crippen MR) is 81.3 cm³/mol. The van der Waals surface area contributed by atoms with E-state index in [1.54, 1.807) is 18.2 Å². The van der Waals surface area contributed by atoms with Crippen molar-refractivity contribution in [2.45, 2.75) is 13.3 Å². The smallest absolute Gasteiger partial charge is 0.267 e. The van der Waals surface area contributed by atoms with Crippen LogP contribution < -0.4 is 5.56 Å². The largest absolute Gasteiger partial charge is 0.268 e. The van der Waals surface area contributed by atoms with Crippen molar-refractivity contribution >= 4 is 17.2 Å². The Hall–Kier alpha value is -2.13.